The van der Waals surface area contributed by atoms with Crippen LogP contribution in [-0.2, 0) is 29.1 Å². The third kappa shape index (κ3) is 7.13. The second-order valence-corrected chi connectivity index (χ2v) is 9.20. The van der Waals surface area contributed by atoms with E-state index in [2.05, 4.69) is 23.9 Å². The van der Waals surface area contributed by atoms with Crippen LogP contribution in [0, 0.1) is 11.8 Å². The Bertz CT molecular complexity index is 843. The highest BCUT2D eigenvalue weighted by Gasteiger charge is 2.26. The van der Waals surface area contributed by atoms with E-state index in [1.807, 2.05) is 0 Å². The Kier molecular flexibility index (Phi) is 7.74. The fourth-order valence-electron chi connectivity index (χ4n) is 3.31. The molecule has 0 aliphatic carbocycles. The minimum atomic E-state index is -3.93. The van der Waals surface area contributed by atoms with E-state index in [0.29, 0.717) is 30.6 Å². The molecule has 1 aliphatic heterocycles. The van der Waals surface area contributed by atoms with Gasteiger partial charge < -0.3 is 15.0 Å². The van der Waals surface area contributed by atoms with E-state index >= 15 is 0 Å². The van der Waals surface area contributed by atoms with Crippen molar-refractivity contribution in [2.45, 2.75) is 32.1 Å². The molecule has 2 N–H and O–H groups in total. The molecule has 0 unspecified atom stereocenters. The summed E-state index contributed by atoms with van der Waals surface area (Å²) in [5, 5.41) is 2.53. The summed E-state index contributed by atoms with van der Waals surface area (Å²) in [5.74, 6) is -0.614. The maximum Gasteiger partial charge on any atom is 0.321 e. The average Bonchev–Trinajstić information content (AvgIpc) is 2.63. The standard InChI is InChI=1S/C19H27N3O6S/c1-13-8-14(2)11-22(10-13)18(24)12-28-19(25)9-20-29(26,27)17-6-4-16(5-7-17)21-15(3)23/h4-7,13-14,20H,8-12H2,1-3H3,(H,21,23)/t13-,14-/m0/s1. The lowest BCUT2D eigenvalue weighted by atomic mass is 9.92. The van der Waals surface area contributed by atoms with Crippen LogP contribution in [0.15, 0.2) is 29.2 Å². The zero-order valence-electron chi connectivity index (χ0n) is 16.8. The molecule has 160 valence electrons. The van der Waals surface area contributed by atoms with Gasteiger partial charge in [0.25, 0.3) is 5.91 Å². The maximum absolute atomic E-state index is 12.2. The molecule has 29 heavy (non-hydrogen) atoms. The molecule has 1 fully saturated rings. The Hall–Kier alpha value is -2.46. The first-order valence-electron chi connectivity index (χ1n) is 9.37. The van der Waals surface area contributed by atoms with E-state index in [-0.39, 0.29) is 16.7 Å². The molecule has 1 aromatic carbocycles. The van der Waals surface area contributed by atoms with Gasteiger partial charge in [0.1, 0.15) is 6.54 Å². The minimum absolute atomic E-state index is 0.0632. The number of nitrogens with one attached hydrogen (secondary N) is 2. The molecule has 0 bridgehead atoms. The monoisotopic (exact) mass is 425 g/mol. The van der Waals surface area contributed by atoms with E-state index in [4.69, 9.17) is 4.74 Å². The fraction of sp³-hybridized carbons (Fsp3) is 0.526. The molecule has 0 aromatic heterocycles. The molecule has 2 atom stereocenters. The van der Waals surface area contributed by atoms with Crippen LogP contribution >= 0.6 is 0 Å². The van der Waals surface area contributed by atoms with Crippen LogP contribution in [0.25, 0.3) is 0 Å². The highest BCUT2D eigenvalue weighted by atomic mass is 32.2. The summed E-state index contributed by atoms with van der Waals surface area (Å²) in [4.78, 5) is 36.7. The van der Waals surface area contributed by atoms with Crippen molar-refractivity contribution in [1.29, 1.82) is 0 Å². The zero-order valence-corrected chi connectivity index (χ0v) is 17.6. The molecule has 0 radical (unpaired) electrons. The van der Waals surface area contributed by atoms with Crippen LogP contribution in [0.4, 0.5) is 5.69 Å². The Morgan fingerprint density at radius 1 is 1.10 bits per heavy atom. The van der Waals surface area contributed by atoms with Crippen LogP contribution in [0.3, 0.4) is 0 Å². The number of esters is 1. The predicted molar refractivity (Wildman–Crippen MR) is 106 cm³/mol. The normalized spacial score (nSPS) is 19.5. The van der Waals surface area contributed by atoms with Crippen molar-refractivity contribution in [2.75, 3.05) is 31.6 Å². The zero-order chi connectivity index (χ0) is 21.6. The Labute approximate surface area is 170 Å². The number of sulfonamides is 1. The highest BCUT2D eigenvalue weighted by molar-refractivity contribution is 7.89. The molecule has 1 saturated heterocycles. The highest BCUT2D eigenvalue weighted by Crippen LogP contribution is 2.20. The number of hydrogen-bond donors (Lipinski definition) is 2. The molecule has 0 saturated carbocycles. The van der Waals surface area contributed by atoms with Gasteiger partial charge in [-0.3, -0.25) is 14.4 Å². The van der Waals surface area contributed by atoms with Gasteiger partial charge in [-0.05, 0) is 42.5 Å². The molecule has 2 amide bonds. The van der Waals surface area contributed by atoms with Crippen molar-refractivity contribution >= 4 is 33.5 Å². The Morgan fingerprint density at radius 2 is 1.69 bits per heavy atom. The first-order chi connectivity index (χ1) is 13.6. The van der Waals surface area contributed by atoms with Gasteiger partial charge in [0.2, 0.25) is 15.9 Å². The summed E-state index contributed by atoms with van der Waals surface area (Å²) >= 11 is 0. The number of amides is 2. The number of carbonyl (C=O) groups excluding carboxylic acids is 3. The molecule has 1 heterocycles. The number of benzene rings is 1. The van der Waals surface area contributed by atoms with Gasteiger partial charge in [0, 0.05) is 25.7 Å². The van der Waals surface area contributed by atoms with E-state index in [1.54, 1.807) is 4.90 Å². The first-order valence-corrected chi connectivity index (χ1v) is 10.9. The summed E-state index contributed by atoms with van der Waals surface area (Å²) in [5.41, 5.74) is 0.454. The quantitative estimate of drug-likeness (QED) is 0.628. The summed E-state index contributed by atoms with van der Waals surface area (Å²) in [6.45, 7) is 5.73. The van der Waals surface area contributed by atoms with E-state index < -0.39 is 29.1 Å². The molecule has 1 aliphatic rings. The van der Waals surface area contributed by atoms with E-state index in [1.165, 1.54) is 31.2 Å². The van der Waals surface area contributed by atoms with Gasteiger partial charge in [-0.2, -0.15) is 4.72 Å². The molecular weight excluding hydrogens is 398 g/mol. The predicted octanol–water partition coefficient (Wildman–Crippen LogP) is 0.971. The SMILES string of the molecule is CC(=O)Nc1ccc(S(=O)(=O)NCC(=O)OCC(=O)N2C[C@@H](C)C[C@H](C)C2)cc1. The second-order valence-electron chi connectivity index (χ2n) is 7.44. The lowest BCUT2D eigenvalue weighted by Crippen LogP contribution is -2.44. The minimum Gasteiger partial charge on any atom is -0.455 e. The van der Waals surface area contributed by atoms with Crippen molar-refractivity contribution in [3.63, 3.8) is 0 Å². The maximum atomic E-state index is 12.2. The summed E-state index contributed by atoms with van der Waals surface area (Å²) < 4.78 is 31.5. The van der Waals surface area contributed by atoms with Gasteiger partial charge in [-0.1, -0.05) is 13.8 Å². The van der Waals surface area contributed by atoms with Crippen molar-refractivity contribution in [1.82, 2.24) is 9.62 Å². The fourth-order valence-corrected chi connectivity index (χ4v) is 4.28. The smallest absolute Gasteiger partial charge is 0.321 e. The van der Waals surface area contributed by atoms with Crippen LogP contribution in [0.2, 0.25) is 0 Å². The number of ether oxygens (including phenoxy) is 1. The topological polar surface area (TPSA) is 122 Å². The first kappa shape index (κ1) is 22.8. The molecular formula is C19H27N3O6S. The number of hydrogen-bond acceptors (Lipinski definition) is 6. The molecule has 9 nitrogen and oxygen atoms in total. The van der Waals surface area contributed by atoms with Crippen molar-refractivity contribution in [3.8, 4) is 0 Å². The Morgan fingerprint density at radius 3 is 2.24 bits per heavy atom. The van der Waals surface area contributed by atoms with Crippen molar-refractivity contribution in [2.24, 2.45) is 11.8 Å². The van der Waals surface area contributed by atoms with Crippen molar-refractivity contribution in [3.05, 3.63) is 24.3 Å². The summed E-state index contributed by atoms with van der Waals surface area (Å²) in [7, 11) is -3.93. The van der Waals surface area contributed by atoms with Gasteiger partial charge in [0.15, 0.2) is 6.61 Å². The van der Waals surface area contributed by atoms with Crippen LogP contribution in [-0.4, -0.2) is 57.3 Å². The van der Waals surface area contributed by atoms with Crippen LogP contribution in [0.5, 0.6) is 0 Å². The number of anilines is 1. The van der Waals surface area contributed by atoms with Gasteiger partial charge in [-0.15, -0.1) is 0 Å². The molecule has 2 rings (SSSR count). The van der Waals surface area contributed by atoms with Gasteiger partial charge in [0.05, 0.1) is 4.90 Å². The molecule has 10 heteroatoms. The second kappa shape index (κ2) is 9.84. The number of piperidine rings is 1. The molecule has 0 spiro atoms. The van der Waals surface area contributed by atoms with Gasteiger partial charge >= 0.3 is 5.97 Å². The number of likely N-dealkylation sites (tertiary alicyclic amines) is 1. The van der Waals surface area contributed by atoms with Gasteiger partial charge in [-0.25, -0.2) is 8.42 Å². The lowest BCUT2D eigenvalue weighted by Gasteiger charge is -2.34. The lowest BCUT2D eigenvalue weighted by molar-refractivity contribution is -0.152. The molecule has 1 aromatic rings. The van der Waals surface area contributed by atoms with E-state index in [0.717, 1.165) is 6.42 Å². The Balaban J connectivity index is 1.81. The summed E-state index contributed by atoms with van der Waals surface area (Å²) in [6.07, 6.45) is 1.05. The number of rotatable bonds is 7. The third-order valence-electron chi connectivity index (χ3n) is 4.47. The van der Waals surface area contributed by atoms with Crippen LogP contribution in [0.1, 0.15) is 27.2 Å². The largest absolute Gasteiger partial charge is 0.455 e. The summed E-state index contributed by atoms with van der Waals surface area (Å²) in [6, 6.07) is 5.49. The average molecular weight is 426 g/mol. The third-order valence-corrected chi connectivity index (χ3v) is 5.89. The number of nitrogens with zero attached hydrogens (tertiary/aromatic N) is 1. The number of carbonyl (C=O) groups is 3. The van der Waals surface area contributed by atoms with Crippen LogP contribution < -0.4 is 10.0 Å². The van der Waals surface area contributed by atoms with Crippen molar-refractivity contribution < 1.29 is 27.5 Å². The van der Waals surface area contributed by atoms with E-state index in [9.17, 15) is 22.8 Å².